The summed E-state index contributed by atoms with van der Waals surface area (Å²) < 4.78 is 5.53. The van der Waals surface area contributed by atoms with E-state index in [4.69, 9.17) is 21.8 Å². The van der Waals surface area contributed by atoms with Crippen molar-refractivity contribution in [2.24, 2.45) is 0 Å². The maximum absolute atomic E-state index is 12.3. The molecule has 2 aromatic carbocycles. The second-order valence-electron chi connectivity index (χ2n) is 4.21. The number of furan rings is 1. The van der Waals surface area contributed by atoms with Crippen molar-refractivity contribution in [3.8, 4) is 0 Å². The lowest BCUT2D eigenvalue weighted by atomic mass is 10.1. The Hall–Kier alpha value is -2.26. The molecule has 1 heterocycles. The second-order valence-corrected chi connectivity index (χ2v) is 4.65. The zero-order chi connectivity index (χ0) is 13.4. The third-order valence-corrected chi connectivity index (χ3v) is 3.14. The Kier molecular flexibility index (Phi) is 2.76. The Labute approximate surface area is 114 Å². The fourth-order valence-electron chi connectivity index (χ4n) is 1.96. The quantitative estimate of drug-likeness (QED) is 0.568. The molecule has 94 valence electrons. The molecule has 0 saturated carbocycles. The Bertz CT molecular complexity index is 777. The summed E-state index contributed by atoms with van der Waals surface area (Å²) in [6, 6.07) is 13.8. The maximum atomic E-state index is 12.3. The molecule has 4 heteroatoms. The summed E-state index contributed by atoms with van der Waals surface area (Å²) in [6.45, 7) is 0. The number of nitrogen functional groups attached to an aromatic ring is 1. The Morgan fingerprint density at radius 2 is 1.89 bits per heavy atom. The molecule has 0 aliphatic carbocycles. The monoisotopic (exact) mass is 271 g/mol. The summed E-state index contributed by atoms with van der Waals surface area (Å²) in [4.78, 5) is 12.3. The molecule has 0 saturated heterocycles. The molecule has 1 aromatic heterocycles. The lowest BCUT2D eigenvalue weighted by Gasteiger charge is -2.01. The Morgan fingerprint density at radius 1 is 1.11 bits per heavy atom. The predicted molar refractivity (Wildman–Crippen MR) is 75.5 cm³/mol. The van der Waals surface area contributed by atoms with E-state index in [9.17, 15) is 4.79 Å². The van der Waals surface area contributed by atoms with Gasteiger partial charge in [0.15, 0.2) is 5.76 Å². The molecule has 0 atom stereocenters. The van der Waals surface area contributed by atoms with E-state index in [1.807, 2.05) is 0 Å². The van der Waals surface area contributed by atoms with Crippen LogP contribution >= 0.6 is 11.6 Å². The highest BCUT2D eigenvalue weighted by atomic mass is 35.5. The summed E-state index contributed by atoms with van der Waals surface area (Å²) >= 11 is 5.90. The number of nitrogens with two attached hydrogens (primary N) is 1. The van der Waals surface area contributed by atoms with Gasteiger partial charge in [0.1, 0.15) is 5.58 Å². The van der Waals surface area contributed by atoms with Crippen LogP contribution in [0.15, 0.2) is 52.9 Å². The zero-order valence-corrected chi connectivity index (χ0v) is 10.6. The van der Waals surface area contributed by atoms with Crippen molar-refractivity contribution >= 4 is 34.0 Å². The Morgan fingerprint density at radius 3 is 2.68 bits per heavy atom. The SMILES string of the molecule is Nc1ccccc1C(=O)c1cc2cc(Cl)ccc2o1. The van der Waals surface area contributed by atoms with Crippen molar-refractivity contribution in [2.45, 2.75) is 0 Å². The van der Waals surface area contributed by atoms with Gasteiger partial charge in [-0.25, -0.2) is 0 Å². The van der Waals surface area contributed by atoms with Gasteiger partial charge >= 0.3 is 0 Å². The highest BCUT2D eigenvalue weighted by molar-refractivity contribution is 6.31. The fourth-order valence-corrected chi connectivity index (χ4v) is 2.14. The number of hydrogen-bond acceptors (Lipinski definition) is 3. The van der Waals surface area contributed by atoms with E-state index in [2.05, 4.69) is 0 Å². The molecular weight excluding hydrogens is 262 g/mol. The normalized spacial score (nSPS) is 10.8. The van der Waals surface area contributed by atoms with Gasteiger partial charge in [0.05, 0.1) is 0 Å². The van der Waals surface area contributed by atoms with Gasteiger partial charge in [0, 0.05) is 21.7 Å². The summed E-state index contributed by atoms with van der Waals surface area (Å²) in [5.74, 6) is 0.0283. The second kappa shape index (κ2) is 4.44. The number of fused-ring (bicyclic) bond motifs is 1. The van der Waals surface area contributed by atoms with Crippen LogP contribution in [0.5, 0.6) is 0 Å². The number of anilines is 1. The summed E-state index contributed by atoms with van der Waals surface area (Å²) in [5.41, 5.74) is 7.29. The highest BCUT2D eigenvalue weighted by Crippen LogP contribution is 2.25. The first-order valence-electron chi connectivity index (χ1n) is 5.73. The van der Waals surface area contributed by atoms with E-state index in [1.165, 1.54) is 0 Å². The minimum Gasteiger partial charge on any atom is -0.453 e. The van der Waals surface area contributed by atoms with Crippen LogP contribution in [0.1, 0.15) is 16.1 Å². The number of ketones is 1. The average molecular weight is 272 g/mol. The first-order chi connectivity index (χ1) is 9.15. The lowest BCUT2D eigenvalue weighted by molar-refractivity contribution is 0.101. The number of carbonyl (C=O) groups is 1. The summed E-state index contributed by atoms with van der Waals surface area (Å²) in [5, 5.41) is 1.40. The Balaban J connectivity index is 2.09. The molecule has 0 amide bonds. The van der Waals surface area contributed by atoms with Crippen LogP contribution in [0.4, 0.5) is 5.69 Å². The van der Waals surface area contributed by atoms with Gasteiger partial charge in [-0.05, 0) is 36.4 Å². The number of halogens is 1. The van der Waals surface area contributed by atoms with E-state index in [0.29, 0.717) is 21.9 Å². The van der Waals surface area contributed by atoms with E-state index in [1.54, 1.807) is 48.5 Å². The number of rotatable bonds is 2. The molecule has 0 spiro atoms. The number of carbonyl (C=O) groups excluding carboxylic acids is 1. The molecule has 0 aliphatic heterocycles. The minimum absolute atomic E-state index is 0.231. The number of para-hydroxylation sites is 1. The van der Waals surface area contributed by atoms with Crippen molar-refractivity contribution in [3.05, 3.63) is 64.9 Å². The van der Waals surface area contributed by atoms with Gasteiger partial charge in [0.25, 0.3) is 0 Å². The first-order valence-corrected chi connectivity index (χ1v) is 6.11. The van der Waals surface area contributed by atoms with Gasteiger partial charge in [-0.15, -0.1) is 0 Å². The third-order valence-electron chi connectivity index (χ3n) is 2.91. The summed E-state index contributed by atoms with van der Waals surface area (Å²) in [7, 11) is 0. The molecule has 3 nitrogen and oxygen atoms in total. The van der Waals surface area contributed by atoms with Crippen molar-refractivity contribution in [1.82, 2.24) is 0 Å². The van der Waals surface area contributed by atoms with Crippen LogP contribution in [0.2, 0.25) is 5.02 Å². The van der Waals surface area contributed by atoms with Crippen LogP contribution in [0.25, 0.3) is 11.0 Å². The van der Waals surface area contributed by atoms with Gasteiger partial charge in [-0.3, -0.25) is 4.79 Å². The molecule has 0 bridgehead atoms. The van der Waals surface area contributed by atoms with Crippen molar-refractivity contribution < 1.29 is 9.21 Å². The third kappa shape index (κ3) is 2.09. The lowest BCUT2D eigenvalue weighted by Crippen LogP contribution is -2.03. The molecular formula is C15H10ClNO2. The van der Waals surface area contributed by atoms with Crippen LogP contribution in [-0.4, -0.2) is 5.78 Å². The molecule has 3 rings (SSSR count). The number of benzene rings is 2. The van der Waals surface area contributed by atoms with Crippen molar-refractivity contribution in [3.63, 3.8) is 0 Å². The van der Waals surface area contributed by atoms with E-state index >= 15 is 0 Å². The molecule has 0 fully saturated rings. The predicted octanol–water partition coefficient (Wildman–Crippen LogP) is 3.90. The largest absolute Gasteiger partial charge is 0.453 e. The van der Waals surface area contributed by atoms with Gasteiger partial charge in [-0.2, -0.15) is 0 Å². The van der Waals surface area contributed by atoms with E-state index < -0.39 is 0 Å². The molecule has 0 unspecified atom stereocenters. The zero-order valence-electron chi connectivity index (χ0n) is 9.89. The van der Waals surface area contributed by atoms with E-state index in [0.717, 1.165) is 5.39 Å². The summed E-state index contributed by atoms with van der Waals surface area (Å²) in [6.07, 6.45) is 0. The van der Waals surface area contributed by atoms with Gasteiger partial charge in [-0.1, -0.05) is 23.7 Å². The molecule has 3 aromatic rings. The minimum atomic E-state index is -0.231. The smallest absolute Gasteiger partial charge is 0.230 e. The topological polar surface area (TPSA) is 56.2 Å². The van der Waals surface area contributed by atoms with Gasteiger partial charge in [0.2, 0.25) is 5.78 Å². The van der Waals surface area contributed by atoms with Crippen molar-refractivity contribution in [2.75, 3.05) is 5.73 Å². The van der Waals surface area contributed by atoms with Crippen molar-refractivity contribution in [1.29, 1.82) is 0 Å². The number of hydrogen-bond donors (Lipinski definition) is 1. The highest BCUT2D eigenvalue weighted by Gasteiger charge is 2.16. The van der Waals surface area contributed by atoms with Gasteiger partial charge < -0.3 is 10.2 Å². The van der Waals surface area contributed by atoms with Crippen LogP contribution in [-0.2, 0) is 0 Å². The molecule has 0 aliphatic rings. The first kappa shape index (κ1) is 11.8. The van der Waals surface area contributed by atoms with Crippen LogP contribution < -0.4 is 5.73 Å². The molecule has 0 radical (unpaired) electrons. The average Bonchev–Trinajstić information content (AvgIpc) is 2.81. The molecule has 2 N–H and O–H groups in total. The van der Waals surface area contributed by atoms with Crippen LogP contribution in [0.3, 0.4) is 0 Å². The maximum Gasteiger partial charge on any atom is 0.230 e. The fraction of sp³-hybridized carbons (Fsp3) is 0. The standard InChI is InChI=1S/C15H10ClNO2/c16-10-5-6-13-9(7-10)8-14(19-13)15(18)11-3-1-2-4-12(11)17/h1-8H,17H2. The van der Waals surface area contributed by atoms with Crippen LogP contribution in [0, 0.1) is 0 Å². The van der Waals surface area contributed by atoms with E-state index in [-0.39, 0.29) is 11.5 Å². The molecule has 19 heavy (non-hydrogen) atoms.